The summed E-state index contributed by atoms with van der Waals surface area (Å²) in [6, 6.07) is 0. The van der Waals surface area contributed by atoms with Gasteiger partial charge in [-0.25, -0.2) is 0 Å². The van der Waals surface area contributed by atoms with Gasteiger partial charge >= 0.3 is 0 Å². The zero-order chi connectivity index (χ0) is 10.1. The maximum Gasteiger partial charge on any atom is 0.0671 e. The number of nitrogens with one attached hydrogen (secondary N) is 1. The second-order valence-corrected chi connectivity index (χ2v) is 3.27. The molecule has 1 N–H and O–H groups in total. The summed E-state index contributed by atoms with van der Waals surface area (Å²) in [5, 5.41) is 3.09. The predicted octanol–water partition coefficient (Wildman–Crippen LogP) is 0.953. The van der Waals surface area contributed by atoms with Gasteiger partial charge in [-0.2, -0.15) is 0 Å². The van der Waals surface area contributed by atoms with E-state index in [1.54, 1.807) is 0 Å². The lowest BCUT2D eigenvalue weighted by Gasteiger charge is -2.19. The van der Waals surface area contributed by atoms with E-state index in [4.69, 9.17) is 4.74 Å². The van der Waals surface area contributed by atoms with Crippen LogP contribution >= 0.6 is 0 Å². The van der Waals surface area contributed by atoms with Crippen molar-refractivity contribution in [1.29, 1.82) is 0 Å². The van der Waals surface area contributed by atoms with E-state index < -0.39 is 0 Å². The van der Waals surface area contributed by atoms with Crippen LogP contribution in [0.2, 0.25) is 0 Å². The van der Waals surface area contributed by atoms with Gasteiger partial charge in [0.15, 0.2) is 0 Å². The number of ether oxygens (including phenoxy) is 1. The molecule has 0 heterocycles. The molecular formula is C10H24N2O. The Kier molecular flexibility index (Phi) is 8.40. The van der Waals surface area contributed by atoms with Crippen molar-refractivity contribution >= 4 is 0 Å². The van der Waals surface area contributed by atoms with E-state index in [1.165, 1.54) is 0 Å². The zero-order valence-electron chi connectivity index (χ0n) is 9.47. The van der Waals surface area contributed by atoms with Crippen molar-refractivity contribution in [3.63, 3.8) is 0 Å². The second kappa shape index (κ2) is 8.48. The maximum absolute atomic E-state index is 5.61. The fraction of sp³-hybridized carbons (Fsp3) is 1.00. The van der Waals surface area contributed by atoms with Crippen LogP contribution in [0.3, 0.4) is 0 Å². The van der Waals surface area contributed by atoms with Crippen LogP contribution in [-0.4, -0.2) is 50.8 Å². The Balaban J connectivity index is 3.32. The van der Waals surface area contributed by atoms with E-state index in [0.29, 0.717) is 6.10 Å². The summed E-state index contributed by atoms with van der Waals surface area (Å²) in [5.41, 5.74) is 0. The van der Waals surface area contributed by atoms with Gasteiger partial charge in [-0.3, -0.25) is 0 Å². The molecule has 0 aliphatic heterocycles. The summed E-state index contributed by atoms with van der Waals surface area (Å²) in [6.07, 6.45) is 0.320. The third kappa shape index (κ3) is 6.99. The normalized spacial score (nSPS) is 13.6. The molecular weight excluding hydrogens is 164 g/mol. The molecule has 0 aliphatic carbocycles. The Morgan fingerprint density at radius 1 is 1.31 bits per heavy atom. The van der Waals surface area contributed by atoms with Crippen molar-refractivity contribution in [2.24, 2.45) is 0 Å². The van der Waals surface area contributed by atoms with E-state index >= 15 is 0 Å². The maximum atomic E-state index is 5.61. The minimum absolute atomic E-state index is 0.320. The van der Waals surface area contributed by atoms with Crippen LogP contribution in [0.25, 0.3) is 0 Å². The molecule has 80 valence electrons. The van der Waals surface area contributed by atoms with Gasteiger partial charge in [-0.1, -0.05) is 13.8 Å². The number of hydrogen-bond acceptors (Lipinski definition) is 3. The Morgan fingerprint density at radius 3 is 2.38 bits per heavy atom. The van der Waals surface area contributed by atoms with E-state index in [-0.39, 0.29) is 0 Å². The molecule has 0 saturated carbocycles. The number of likely N-dealkylation sites (N-methyl/N-ethyl adjacent to an activating group) is 2. The van der Waals surface area contributed by atoms with Crippen molar-refractivity contribution in [1.82, 2.24) is 10.2 Å². The average molecular weight is 188 g/mol. The number of hydrogen-bond donors (Lipinski definition) is 1. The van der Waals surface area contributed by atoms with E-state index in [0.717, 1.165) is 32.8 Å². The summed E-state index contributed by atoms with van der Waals surface area (Å²) in [7, 11) is 1.95. The van der Waals surface area contributed by atoms with Gasteiger partial charge in [0.2, 0.25) is 0 Å². The highest BCUT2D eigenvalue weighted by atomic mass is 16.5. The molecule has 0 spiro atoms. The lowest BCUT2D eigenvalue weighted by molar-refractivity contribution is 0.0513. The highest BCUT2D eigenvalue weighted by Gasteiger charge is 2.02. The summed E-state index contributed by atoms with van der Waals surface area (Å²) in [5.74, 6) is 0. The largest absolute Gasteiger partial charge is 0.376 e. The van der Waals surface area contributed by atoms with Gasteiger partial charge in [0.25, 0.3) is 0 Å². The van der Waals surface area contributed by atoms with Crippen molar-refractivity contribution in [3.05, 3.63) is 0 Å². The Morgan fingerprint density at radius 2 is 1.92 bits per heavy atom. The fourth-order valence-electron chi connectivity index (χ4n) is 1.27. The molecule has 1 unspecified atom stereocenters. The minimum atomic E-state index is 0.320. The van der Waals surface area contributed by atoms with Crippen molar-refractivity contribution in [3.8, 4) is 0 Å². The smallest absolute Gasteiger partial charge is 0.0671 e. The monoisotopic (exact) mass is 188 g/mol. The van der Waals surface area contributed by atoms with Crippen LogP contribution in [0.5, 0.6) is 0 Å². The van der Waals surface area contributed by atoms with Crippen molar-refractivity contribution in [2.75, 3.05) is 39.8 Å². The van der Waals surface area contributed by atoms with E-state index in [1.807, 2.05) is 7.05 Å². The Labute approximate surface area is 82.4 Å². The standard InChI is InChI=1S/C10H24N2O/c1-5-12(6-2)7-8-13-10(3)9-11-4/h10-11H,5-9H2,1-4H3. The average Bonchev–Trinajstić information content (AvgIpc) is 2.13. The molecule has 0 radical (unpaired) electrons. The van der Waals surface area contributed by atoms with Crippen LogP contribution in [0.15, 0.2) is 0 Å². The first-order valence-corrected chi connectivity index (χ1v) is 5.23. The molecule has 0 bridgehead atoms. The van der Waals surface area contributed by atoms with Crippen LogP contribution in [0, 0.1) is 0 Å². The summed E-state index contributed by atoms with van der Waals surface area (Å²) in [6.45, 7) is 11.5. The molecule has 0 saturated heterocycles. The summed E-state index contributed by atoms with van der Waals surface area (Å²) < 4.78 is 5.61. The molecule has 0 rings (SSSR count). The first-order valence-electron chi connectivity index (χ1n) is 5.23. The van der Waals surface area contributed by atoms with Crippen LogP contribution in [0.1, 0.15) is 20.8 Å². The topological polar surface area (TPSA) is 24.5 Å². The highest BCUT2D eigenvalue weighted by Crippen LogP contribution is 1.91. The molecule has 3 nitrogen and oxygen atoms in total. The quantitative estimate of drug-likeness (QED) is 0.614. The van der Waals surface area contributed by atoms with Crippen molar-refractivity contribution in [2.45, 2.75) is 26.9 Å². The molecule has 0 aromatic heterocycles. The second-order valence-electron chi connectivity index (χ2n) is 3.27. The van der Waals surface area contributed by atoms with Gasteiger partial charge in [-0.15, -0.1) is 0 Å². The zero-order valence-corrected chi connectivity index (χ0v) is 9.47. The molecule has 3 heteroatoms. The molecule has 0 aliphatic rings. The first kappa shape index (κ1) is 12.9. The van der Waals surface area contributed by atoms with Crippen LogP contribution in [-0.2, 0) is 4.74 Å². The van der Waals surface area contributed by atoms with E-state index in [2.05, 4.69) is 31.0 Å². The molecule has 0 fully saturated rings. The van der Waals surface area contributed by atoms with Crippen LogP contribution < -0.4 is 5.32 Å². The molecule has 0 aromatic rings. The van der Waals surface area contributed by atoms with Gasteiger partial charge in [-0.05, 0) is 27.1 Å². The van der Waals surface area contributed by atoms with Gasteiger partial charge < -0.3 is 15.0 Å². The van der Waals surface area contributed by atoms with Crippen molar-refractivity contribution < 1.29 is 4.74 Å². The summed E-state index contributed by atoms with van der Waals surface area (Å²) >= 11 is 0. The molecule has 13 heavy (non-hydrogen) atoms. The molecule has 0 aromatic carbocycles. The highest BCUT2D eigenvalue weighted by molar-refractivity contribution is 4.54. The number of nitrogens with zero attached hydrogens (tertiary/aromatic N) is 1. The fourth-order valence-corrected chi connectivity index (χ4v) is 1.27. The lowest BCUT2D eigenvalue weighted by Crippen LogP contribution is -2.30. The summed E-state index contributed by atoms with van der Waals surface area (Å²) in [4.78, 5) is 2.37. The van der Waals surface area contributed by atoms with Gasteiger partial charge in [0, 0.05) is 13.1 Å². The Hall–Kier alpha value is -0.120. The third-order valence-electron chi connectivity index (χ3n) is 2.20. The third-order valence-corrected chi connectivity index (χ3v) is 2.20. The van der Waals surface area contributed by atoms with E-state index in [9.17, 15) is 0 Å². The predicted molar refractivity (Wildman–Crippen MR) is 57.1 cm³/mol. The van der Waals surface area contributed by atoms with Crippen LogP contribution in [0.4, 0.5) is 0 Å². The first-order chi connectivity index (χ1) is 6.24. The van der Waals surface area contributed by atoms with Gasteiger partial charge in [0.05, 0.1) is 12.7 Å². The molecule has 0 amide bonds. The molecule has 1 atom stereocenters. The van der Waals surface area contributed by atoms with Gasteiger partial charge in [0.1, 0.15) is 0 Å². The lowest BCUT2D eigenvalue weighted by atomic mass is 10.4. The Bertz CT molecular complexity index is 105. The number of rotatable bonds is 8. The SMILES string of the molecule is CCN(CC)CCOC(C)CNC. The minimum Gasteiger partial charge on any atom is -0.376 e.